The van der Waals surface area contributed by atoms with E-state index in [1.165, 1.54) is 30.0 Å². The van der Waals surface area contributed by atoms with Crippen LogP contribution < -0.4 is 5.32 Å². The van der Waals surface area contributed by atoms with Crippen LogP contribution in [0.5, 0.6) is 0 Å². The third-order valence-electron chi connectivity index (χ3n) is 3.00. The molecule has 7 heteroatoms. The van der Waals surface area contributed by atoms with Crippen molar-refractivity contribution in [1.82, 2.24) is 4.98 Å². The van der Waals surface area contributed by atoms with Crippen LogP contribution in [0.25, 0.3) is 10.2 Å². The Labute approximate surface area is 145 Å². The van der Waals surface area contributed by atoms with E-state index in [1.54, 1.807) is 11.3 Å². The van der Waals surface area contributed by atoms with Crippen molar-refractivity contribution in [2.24, 2.45) is 0 Å². The number of hydrogen-bond donors (Lipinski definition) is 1. The Morgan fingerprint density at radius 1 is 1.30 bits per heavy atom. The molecule has 1 amide bonds. The number of carbonyl (C=O) groups excluding carboxylic acids is 1. The number of nitrogens with zero attached hydrogens (tertiary/aromatic N) is 1. The monoisotopic (exact) mass is 366 g/mol. The van der Waals surface area contributed by atoms with Gasteiger partial charge < -0.3 is 5.32 Å². The van der Waals surface area contributed by atoms with Gasteiger partial charge in [0.25, 0.3) is 0 Å². The van der Waals surface area contributed by atoms with Gasteiger partial charge in [-0.3, -0.25) is 4.79 Å². The predicted octanol–water partition coefficient (Wildman–Crippen LogP) is 4.96. The van der Waals surface area contributed by atoms with E-state index < -0.39 is 5.82 Å². The van der Waals surface area contributed by atoms with E-state index in [1.807, 2.05) is 24.3 Å². The Morgan fingerprint density at radius 3 is 2.96 bits per heavy atom. The highest BCUT2D eigenvalue weighted by atomic mass is 35.5. The molecule has 1 aromatic heterocycles. The van der Waals surface area contributed by atoms with Crippen LogP contribution in [0, 0.1) is 5.82 Å². The van der Waals surface area contributed by atoms with Gasteiger partial charge in [0, 0.05) is 10.8 Å². The summed E-state index contributed by atoms with van der Waals surface area (Å²) in [5.74, 6) is 0.100. The number of thiazole rings is 1. The van der Waals surface area contributed by atoms with Gasteiger partial charge in [0.1, 0.15) is 10.8 Å². The second-order valence-electron chi connectivity index (χ2n) is 4.74. The number of benzene rings is 2. The molecule has 0 fully saturated rings. The van der Waals surface area contributed by atoms with Crippen LogP contribution in [-0.2, 0) is 10.5 Å². The number of para-hydroxylation sites is 1. The van der Waals surface area contributed by atoms with Crippen molar-refractivity contribution < 1.29 is 9.18 Å². The highest BCUT2D eigenvalue weighted by Crippen LogP contribution is 2.25. The summed E-state index contributed by atoms with van der Waals surface area (Å²) in [5, 5.41) is 3.88. The standard InChI is InChI=1S/C16H12ClFN2OS2/c17-10-5-6-11(18)13(7-10)19-15(21)8-22-9-16-20-12-3-1-2-4-14(12)23-16/h1-7H,8-9H2,(H,19,21). The van der Waals surface area contributed by atoms with Crippen molar-refractivity contribution in [3.8, 4) is 0 Å². The van der Waals surface area contributed by atoms with Crippen molar-refractivity contribution in [3.63, 3.8) is 0 Å². The molecule has 1 N–H and O–H groups in total. The molecule has 23 heavy (non-hydrogen) atoms. The summed E-state index contributed by atoms with van der Waals surface area (Å²) >= 11 is 8.85. The van der Waals surface area contributed by atoms with E-state index in [4.69, 9.17) is 11.6 Å². The van der Waals surface area contributed by atoms with Crippen LogP contribution in [-0.4, -0.2) is 16.6 Å². The zero-order chi connectivity index (χ0) is 16.2. The van der Waals surface area contributed by atoms with Crippen LogP contribution in [0.2, 0.25) is 5.02 Å². The second-order valence-corrected chi connectivity index (χ2v) is 7.28. The summed E-state index contributed by atoms with van der Waals surface area (Å²) < 4.78 is 14.7. The quantitative estimate of drug-likeness (QED) is 0.693. The van der Waals surface area contributed by atoms with E-state index in [2.05, 4.69) is 10.3 Å². The van der Waals surface area contributed by atoms with E-state index in [0.717, 1.165) is 15.2 Å². The first kappa shape index (κ1) is 16.2. The number of rotatable bonds is 5. The van der Waals surface area contributed by atoms with Crippen molar-refractivity contribution >= 4 is 56.5 Å². The average Bonchev–Trinajstić information content (AvgIpc) is 2.93. The summed E-state index contributed by atoms with van der Waals surface area (Å²) in [7, 11) is 0. The van der Waals surface area contributed by atoms with E-state index in [9.17, 15) is 9.18 Å². The molecule has 3 rings (SSSR count). The maximum atomic E-state index is 13.5. The van der Waals surface area contributed by atoms with Crippen molar-refractivity contribution in [3.05, 3.63) is 58.3 Å². The van der Waals surface area contributed by atoms with Gasteiger partial charge in [-0.25, -0.2) is 9.37 Å². The highest BCUT2D eigenvalue weighted by molar-refractivity contribution is 7.99. The summed E-state index contributed by atoms with van der Waals surface area (Å²) in [4.78, 5) is 16.4. The maximum absolute atomic E-state index is 13.5. The molecule has 3 nitrogen and oxygen atoms in total. The number of hydrogen-bond acceptors (Lipinski definition) is 4. The number of anilines is 1. The molecule has 0 unspecified atom stereocenters. The molecule has 0 aliphatic heterocycles. The molecule has 0 radical (unpaired) electrons. The topological polar surface area (TPSA) is 42.0 Å². The maximum Gasteiger partial charge on any atom is 0.234 e. The smallest absolute Gasteiger partial charge is 0.234 e. The van der Waals surface area contributed by atoms with Gasteiger partial charge in [-0.15, -0.1) is 23.1 Å². The number of carbonyl (C=O) groups is 1. The van der Waals surface area contributed by atoms with E-state index >= 15 is 0 Å². The summed E-state index contributed by atoms with van der Waals surface area (Å²) in [6.07, 6.45) is 0. The molecule has 3 aromatic rings. The Bertz CT molecular complexity index is 820. The summed E-state index contributed by atoms with van der Waals surface area (Å²) in [6.45, 7) is 0. The first-order valence-corrected chi connectivity index (χ1v) is 9.14. The molecule has 0 aliphatic rings. The fourth-order valence-corrected chi connectivity index (χ4v) is 4.01. The van der Waals surface area contributed by atoms with Crippen LogP contribution in [0.15, 0.2) is 42.5 Å². The molecule has 0 saturated heterocycles. The number of nitrogens with one attached hydrogen (secondary N) is 1. The minimum absolute atomic E-state index is 0.100. The Balaban J connectivity index is 1.53. The molecule has 0 spiro atoms. The lowest BCUT2D eigenvalue weighted by Gasteiger charge is -2.06. The first-order valence-electron chi connectivity index (χ1n) is 6.79. The molecule has 1 heterocycles. The summed E-state index contributed by atoms with van der Waals surface area (Å²) in [6, 6.07) is 12.0. The SMILES string of the molecule is O=C(CSCc1nc2ccccc2s1)Nc1cc(Cl)ccc1F. The number of aromatic nitrogens is 1. The fraction of sp³-hybridized carbons (Fsp3) is 0.125. The minimum Gasteiger partial charge on any atom is -0.323 e. The number of thioether (sulfide) groups is 1. The van der Waals surface area contributed by atoms with Crippen molar-refractivity contribution in [2.75, 3.05) is 11.1 Å². The van der Waals surface area contributed by atoms with Crippen LogP contribution in [0.3, 0.4) is 0 Å². The number of amides is 1. The molecular formula is C16H12ClFN2OS2. The van der Waals surface area contributed by atoms with E-state index in [0.29, 0.717) is 10.8 Å². The van der Waals surface area contributed by atoms with Gasteiger partial charge in [-0.1, -0.05) is 23.7 Å². The molecule has 0 saturated carbocycles. The van der Waals surface area contributed by atoms with Gasteiger partial charge in [0.2, 0.25) is 5.91 Å². The predicted molar refractivity (Wildman–Crippen MR) is 95.8 cm³/mol. The lowest BCUT2D eigenvalue weighted by molar-refractivity contribution is -0.113. The summed E-state index contributed by atoms with van der Waals surface area (Å²) in [5.41, 5.74) is 1.07. The van der Waals surface area contributed by atoms with Crippen LogP contribution in [0.4, 0.5) is 10.1 Å². The fourth-order valence-electron chi connectivity index (χ4n) is 1.99. The first-order chi connectivity index (χ1) is 11.1. The van der Waals surface area contributed by atoms with Crippen LogP contribution >= 0.6 is 34.7 Å². The molecule has 0 aliphatic carbocycles. The number of halogens is 2. The van der Waals surface area contributed by atoms with Gasteiger partial charge in [-0.05, 0) is 30.3 Å². The second kappa shape index (κ2) is 7.29. The lowest BCUT2D eigenvalue weighted by Crippen LogP contribution is -2.15. The Hall–Kier alpha value is -1.63. The van der Waals surface area contributed by atoms with Crippen LogP contribution in [0.1, 0.15) is 5.01 Å². The normalized spacial score (nSPS) is 10.9. The van der Waals surface area contributed by atoms with Gasteiger partial charge >= 0.3 is 0 Å². The highest BCUT2D eigenvalue weighted by Gasteiger charge is 2.09. The zero-order valence-electron chi connectivity index (χ0n) is 11.9. The molecule has 0 atom stereocenters. The lowest BCUT2D eigenvalue weighted by atomic mass is 10.3. The Morgan fingerprint density at radius 2 is 2.13 bits per heavy atom. The minimum atomic E-state index is -0.501. The van der Waals surface area contributed by atoms with Crippen molar-refractivity contribution in [1.29, 1.82) is 0 Å². The van der Waals surface area contributed by atoms with E-state index in [-0.39, 0.29) is 17.3 Å². The molecule has 118 valence electrons. The Kier molecular flexibility index (Phi) is 5.15. The van der Waals surface area contributed by atoms with Crippen molar-refractivity contribution in [2.45, 2.75) is 5.75 Å². The third kappa shape index (κ3) is 4.22. The number of fused-ring (bicyclic) bond motifs is 1. The molecule has 2 aromatic carbocycles. The largest absolute Gasteiger partial charge is 0.323 e. The van der Waals surface area contributed by atoms with Gasteiger partial charge in [0.05, 0.1) is 21.7 Å². The van der Waals surface area contributed by atoms with Gasteiger partial charge in [-0.2, -0.15) is 0 Å². The molecular weight excluding hydrogens is 355 g/mol. The van der Waals surface area contributed by atoms with Gasteiger partial charge in [0.15, 0.2) is 0 Å². The third-order valence-corrected chi connectivity index (χ3v) is 5.40. The average molecular weight is 367 g/mol. The zero-order valence-corrected chi connectivity index (χ0v) is 14.3. The molecule has 0 bridgehead atoms.